The molecule has 0 aromatic rings. The molecule has 0 aromatic carbocycles. The van der Waals surface area contributed by atoms with Crippen molar-refractivity contribution in [1.82, 2.24) is 0 Å². The number of aliphatic hydroxyl groups is 6. The Morgan fingerprint density at radius 2 is 1.52 bits per heavy atom. The van der Waals surface area contributed by atoms with Gasteiger partial charge in [0.05, 0.1) is 24.4 Å². The summed E-state index contributed by atoms with van der Waals surface area (Å²) in [4.78, 5) is 0. The predicted octanol–water partition coefficient (Wildman–Crippen LogP) is 4.32. The summed E-state index contributed by atoms with van der Waals surface area (Å²) in [6, 6.07) is 0. The Morgan fingerprint density at radius 3 is 2.16 bits per heavy atom. The lowest BCUT2D eigenvalue weighted by Gasteiger charge is -2.70. The average Bonchev–Trinajstić information content (AvgIpc) is 3.33. The highest BCUT2D eigenvalue weighted by Gasteiger charge is 2.71. The summed E-state index contributed by atoms with van der Waals surface area (Å²) in [7, 11) is 0. The minimum absolute atomic E-state index is 0.0131. The molecule has 4 saturated carbocycles. The molecule has 4 aliphatic carbocycles. The van der Waals surface area contributed by atoms with Crippen molar-refractivity contribution in [3.8, 4) is 0 Å². The van der Waals surface area contributed by atoms with Crippen LogP contribution in [0.3, 0.4) is 0 Å². The van der Waals surface area contributed by atoms with E-state index in [1.54, 1.807) is 0 Å². The molecule has 1 aliphatic heterocycles. The van der Waals surface area contributed by atoms with E-state index in [2.05, 4.69) is 61.5 Å². The van der Waals surface area contributed by atoms with Gasteiger partial charge in [0.25, 0.3) is 0 Å². The van der Waals surface area contributed by atoms with Gasteiger partial charge in [-0.25, -0.2) is 0 Å². The minimum atomic E-state index is -1.50. The molecule has 6 N–H and O–H groups in total. The van der Waals surface area contributed by atoms with Gasteiger partial charge in [-0.05, 0) is 124 Å². The van der Waals surface area contributed by atoms with Gasteiger partial charge in [-0.15, -0.1) is 0 Å². The second-order valence-electron chi connectivity index (χ2n) is 17.3. The van der Waals surface area contributed by atoms with Crippen LogP contribution in [0.2, 0.25) is 0 Å². The number of ether oxygens (including phenoxy) is 2. The fraction of sp³-hybridized carbons (Fsp3) is 0.944. The standard InChI is InChI=1S/C36H62O8/c1-20(2)10-9-14-36(8,44-31-30(42)29(41)28(40)23(19-37)43-31)21-11-16-35(7)27(21)22(38)18-25-33(5)15-13-26(39)32(3,4)24(33)12-17-34(25,35)6/h10,21-31,37-42H,9,11-19H2,1-8H3/t21?,22-,23?,24?,25?,26?,27?,28?,29?,30?,31?,33+,34-,35-,36+/m1/s1. The maximum atomic E-state index is 12.2. The first-order chi connectivity index (χ1) is 20.4. The van der Waals surface area contributed by atoms with E-state index in [4.69, 9.17) is 9.47 Å². The lowest BCUT2D eigenvalue weighted by atomic mass is 9.35. The summed E-state index contributed by atoms with van der Waals surface area (Å²) in [5.74, 6) is 0.713. The van der Waals surface area contributed by atoms with E-state index in [0.29, 0.717) is 18.3 Å². The van der Waals surface area contributed by atoms with Crippen LogP contribution >= 0.6 is 0 Å². The molecule has 0 radical (unpaired) electrons. The molecule has 15 atom stereocenters. The molecule has 44 heavy (non-hydrogen) atoms. The van der Waals surface area contributed by atoms with Gasteiger partial charge in [0.2, 0.25) is 0 Å². The first-order valence-electron chi connectivity index (χ1n) is 17.3. The largest absolute Gasteiger partial charge is 0.394 e. The number of hydrogen-bond donors (Lipinski definition) is 6. The molecule has 1 heterocycles. The van der Waals surface area contributed by atoms with E-state index in [1.165, 1.54) is 5.57 Å². The second-order valence-corrected chi connectivity index (χ2v) is 17.3. The van der Waals surface area contributed by atoms with Gasteiger partial charge in [0.15, 0.2) is 6.29 Å². The van der Waals surface area contributed by atoms with Crippen molar-refractivity contribution in [2.24, 2.45) is 45.3 Å². The summed E-state index contributed by atoms with van der Waals surface area (Å²) >= 11 is 0. The molecular formula is C36H62O8. The van der Waals surface area contributed by atoms with Crippen molar-refractivity contribution in [3.05, 3.63) is 11.6 Å². The van der Waals surface area contributed by atoms with Crippen LogP contribution < -0.4 is 0 Å². The van der Waals surface area contributed by atoms with Gasteiger partial charge < -0.3 is 40.1 Å². The fourth-order valence-electron chi connectivity index (χ4n) is 11.8. The van der Waals surface area contributed by atoms with Crippen molar-refractivity contribution in [2.75, 3.05) is 6.61 Å². The van der Waals surface area contributed by atoms with Crippen LogP contribution in [0.5, 0.6) is 0 Å². The molecule has 0 spiro atoms. The van der Waals surface area contributed by atoms with E-state index >= 15 is 0 Å². The Kier molecular flexibility index (Phi) is 9.35. The Bertz CT molecular complexity index is 1070. The van der Waals surface area contributed by atoms with Crippen LogP contribution in [0.15, 0.2) is 11.6 Å². The Balaban J connectivity index is 1.49. The molecular weight excluding hydrogens is 560 g/mol. The molecule has 5 aliphatic rings. The third-order valence-electron chi connectivity index (χ3n) is 14.6. The van der Waals surface area contributed by atoms with E-state index in [9.17, 15) is 30.6 Å². The Morgan fingerprint density at radius 1 is 0.864 bits per heavy atom. The highest BCUT2D eigenvalue weighted by atomic mass is 16.7. The van der Waals surface area contributed by atoms with Crippen molar-refractivity contribution >= 4 is 0 Å². The Hall–Kier alpha value is -0.580. The number of fused-ring (bicyclic) bond motifs is 5. The third kappa shape index (κ3) is 5.17. The summed E-state index contributed by atoms with van der Waals surface area (Å²) in [5, 5.41) is 65.0. The van der Waals surface area contributed by atoms with Gasteiger partial charge in [-0.1, -0.05) is 46.3 Å². The minimum Gasteiger partial charge on any atom is -0.394 e. The number of allylic oxidation sites excluding steroid dienone is 2. The van der Waals surface area contributed by atoms with E-state index in [1.807, 2.05) is 0 Å². The number of rotatable bonds is 7. The van der Waals surface area contributed by atoms with Gasteiger partial charge in [0, 0.05) is 0 Å². The third-order valence-corrected chi connectivity index (χ3v) is 14.6. The zero-order chi connectivity index (χ0) is 32.6. The van der Waals surface area contributed by atoms with Crippen molar-refractivity contribution in [3.63, 3.8) is 0 Å². The molecule has 0 amide bonds. The molecule has 10 unspecified atom stereocenters. The molecule has 1 saturated heterocycles. The maximum absolute atomic E-state index is 12.2. The molecule has 5 fully saturated rings. The summed E-state index contributed by atoms with van der Waals surface area (Å²) in [5.41, 5.74) is 0.171. The normalized spacial score (nSPS) is 51.5. The highest BCUT2D eigenvalue weighted by molar-refractivity contribution is 5.20. The topological polar surface area (TPSA) is 140 Å². The van der Waals surface area contributed by atoms with Crippen molar-refractivity contribution < 1.29 is 40.1 Å². The van der Waals surface area contributed by atoms with Crippen molar-refractivity contribution in [2.45, 2.75) is 162 Å². The van der Waals surface area contributed by atoms with Gasteiger partial charge in [-0.3, -0.25) is 0 Å². The number of hydrogen-bond acceptors (Lipinski definition) is 8. The smallest absolute Gasteiger partial charge is 0.187 e. The highest BCUT2D eigenvalue weighted by Crippen LogP contribution is 2.76. The first-order valence-corrected chi connectivity index (χ1v) is 17.3. The quantitative estimate of drug-likeness (QED) is 0.231. The van der Waals surface area contributed by atoms with Crippen LogP contribution in [-0.4, -0.2) is 85.8 Å². The molecule has 8 nitrogen and oxygen atoms in total. The van der Waals surface area contributed by atoms with E-state index in [0.717, 1.165) is 51.4 Å². The van der Waals surface area contributed by atoms with E-state index in [-0.39, 0.29) is 39.6 Å². The summed E-state index contributed by atoms with van der Waals surface area (Å²) < 4.78 is 12.6. The summed E-state index contributed by atoms with van der Waals surface area (Å²) in [6.45, 7) is 17.5. The van der Waals surface area contributed by atoms with Crippen LogP contribution in [0.1, 0.15) is 113 Å². The van der Waals surface area contributed by atoms with Crippen LogP contribution in [0, 0.1) is 45.3 Å². The molecule has 0 bridgehead atoms. The monoisotopic (exact) mass is 622 g/mol. The molecule has 254 valence electrons. The van der Waals surface area contributed by atoms with Crippen LogP contribution in [-0.2, 0) is 9.47 Å². The molecule has 5 rings (SSSR count). The predicted molar refractivity (Wildman–Crippen MR) is 168 cm³/mol. The van der Waals surface area contributed by atoms with Gasteiger partial charge >= 0.3 is 0 Å². The fourth-order valence-corrected chi connectivity index (χ4v) is 11.8. The van der Waals surface area contributed by atoms with E-state index < -0.39 is 49.0 Å². The zero-order valence-corrected chi connectivity index (χ0v) is 28.5. The molecule has 0 aromatic heterocycles. The van der Waals surface area contributed by atoms with Crippen molar-refractivity contribution in [1.29, 1.82) is 0 Å². The average molecular weight is 623 g/mol. The van der Waals surface area contributed by atoms with Gasteiger partial charge in [0.1, 0.15) is 24.4 Å². The molecule has 8 heteroatoms. The Labute approximate surface area is 265 Å². The van der Waals surface area contributed by atoms with Crippen LogP contribution in [0.4, 0.5) is 0 Å². The number of aliphatic hydroxyl groups excluding tert-OH is 6. The lowest BCUT2D eigenvalue weighted by molar-refractivity contribution is -0.336. The first kappa shape index (κ1) is 34.7. The second kappa shape index (κ2) is 11.8. The maximum Gasteiger partial charge on any atom is 0.187 e. The lowest BCUT2D eigenvalue weighted by Crippen LogP contribution is -2.67. The zero-order valence-electron chi connectivity index (χ0n) is 28.5. The van der Waals surface area contributed by atoms with Gasteiger partial charge in [-0.2, -0.15) is 0 Å². The summed E-state index contributed by atoms with van der Waals surface area (Å²) in [6.07, 6.45) is 2.60. The van der Waals surface area contributed by atoms with Crippen LogP contribution in [0.25, 0.3) is 0 Å². The SMILES string of the molecule is CC(C)=CCC[C@](C)(OC1OC(CO)C(O)C(O)C1O)C1CC[C@]2(C)C1[C@H](O)CC1[C@@]3(C)CCC(O)C(C)(C)C3CC[C@]12C.